The molecule has 1 aromatic heterocycles. The minimum Gasteiger partial charge on any atom is -0.496 e. The lowest BCUT2D eigenvalue weighted by molar-refractivity contribution is 0.410. The van der Waals surface area contributed by atoms with Crippen molar-refractivity contribution in [2.75, 3.05) is 7.11 Å². The number of fused-ring (bicyclic) bond motifs is 1. The summed E-state index contributed by atoms with van der Waals surface area (Å²) in [6, 6.07) is 12.3. The van der Waals surface area contributed by atoms with Gasteiger partial charge in [-0.15, -0.1) is 22.9 Å². The van der Waals surface area contributed by atoms with Crippen molar-refractivity contribution < 1.29 is 4.74 Å². The number of rotatable bonds is 3. The Bertz CT molecular complexity index is 797. The van der Waals surface area contributed by atoms with Gasteiger partial charge in [0.2, 0.25) is 0 Å². The molecule has 0 saturated carbocycles. The largest absolute Gasteiger partial charge is 0.496 e. The van der Waals surface area contributed by atoms with Crippen LogP contribution in [-0.2, 0) is 0 Å². The minimum absolute atomic E-state index is 0.220. The summed E-state index contributed by atoms with van der Waals surface area (Å²) < 4.78 is 7.80. The Kier molecular flexibility index (Phi) is 4.25. The van der Waals surface area contributed by atoms with Crippen LogP contribution in [0.4, 0.5) is 0 Å². The maximum atomic E-state index is 6.77. The number of methoxy groups -OCH3 is 1. The van der Waals surface area contributed by atoms with Crippen molar-refractivity contribution in [3.05, 3.63) is 62.9 Å². The summed E-state index contributed by atoms with van der Waals surface area (Å²) in [5, 5.41) is 3.11. The molecule has 1 atom stereocenters. The molecule has 1 heterocycles. The van der Waals surface area contributed by atoms with Gasteiger partial charge in [-0.1, -0.05) is 29.8 Å². The Labute approximate surface area is 141 Å². The first kappa shape index (κ1) is 14.9. The zero-order valence-electron chi connectivity index (χ0n) is 11.7. The Morgan fingerprint density at radius 1 is 1.19 bits per heavy atom. The number of hydrogen-bond donors (Lipinski definition) is 0. The lowest BCUT2D eigenvalue weighted by Crippen LogP contribution is -1.97. The van der Waals surface area contributed by atoms with Crippen molar-refractivity contribution in [3.63, 3.8) is 0 Å². The predicted octanol–water partition coefficient (Wildman–Crippen LogP) is 6.31. The molecule has 0 radical (unpaired) electrons. The van der Waals surface area contributed by atoms with Gasteiger partial charge in [0.25, 0.3) is 0 Å². The first-order valence-corrected chi connectivity index (χ1v) is 8.67. The molecule has 3 rings (SSSR count). The van der Waals surface area contributed by atoms with Crippen LogP contribution in [0.25, 0.3) is 10.1 Å². The number of benzene rings is 2. The fourth-order valence-electron chi connectivity index (χ4n) is 2.46. The third-order valence-corrected chi connectivity index (χ3v) is 5.95. The van der Waals surface area contributed by atoms with Gasteiger partial charge in [0.15, 0.2) is 0 Å². The summed E-state index contributed by atoms with van der Waals surface area (Å²) in [5.41, 5.74) is 3.32. The van der Waals surface area contributed by atoms with Gasteiger partial charge in [0.05, 0.1) is 12.5 Å². The monoisotopic (exact) mass is 380 g/mol. The second kappa shape index (κ2) is 5.99. The van der Waals surface area contributed by atoms with Crippen molar-refractivity contribution in [1.82, 2.24) is 0 Å². The molecule has 4 heteroatoms. The van der Waals surface area contributed by atoms with E-state index in [2.05, 4.69) is 46.4 Å². The van der Waals surface area contributed by atoms with Crippen LogP contribution in [0.15, 0.2) is 46.3 Å². The van der Waals surface area contributed by atoms with Gasteiger partial charge < -0.3 is 4.74 Å². The molecule has 2 aromatic carbocycles. The summed E-state index contributed by atoms with van der Waals surface area (Å²) in [5.74, 6) is 0.829. The number of ether oxygens (including phenoxy) is 1. The molecule has 21 heavy (non-hydrogen) atoms. The van der Waals surface area contributed by atoms with E-state index in [1.54, 1.807) is 18.4 Å². The molecule has 0 aliphatic heterocycles. The number of halogens is 2. The van der Waals surface area contributed by atoms with Crippen molar-refractivity contribution in [2.45, 2.75) is 12.3 Å². The van der Waals surface area contributed by atoms with Crippen LogP contribution in [0.1, 0.15) is 22.1 Å². The Morgan fingerprint density at radius 2 is 2.00 bits per heavy atom. The molecule has 0 bridgehead atoms. The quantitative estimate of drug-likeness (QED) is 0.483. The highest BCUT2D eigenvalue weighted by atomic mass is 79.9. The molecule has 0 amide bonds. The molecule has 0 aliphatic rings. The third-order valence-electron chi connectivity index (χ3n) is 3.51. The van der Waals surface area contributed by atoms with Crippen molar-refractivity contribution in [3.8, 4) is 5.75 Å². The summed E-state index contributed by atoms with van der Waals surface area (Å²) in [6.45, 7) is 2.06. The van der Waals surface area contributed by atoms with Crippen molar-refractivity contribution >= 4 is 49.0 Å². The minimum atomic E-state index is -0.220. The van der Waals surface area contributed by atoms with E-state index >= 15 is 0 Å². The van der Waals surface area contributed by atoms with Crippen LogP contribution in [0.3, 0.4) is 0 Å². The Morgan fingerprint density at radius 3 is 2.76 bits per heavy atom. The van der Waals surface area contributed by atoms with Crippen LogP contribution >= 0.6 is 38.9 Å². The molecule has 0 spiro atoms. The lowest BCUT2D eigenvalue weighted by Gasteiger charge is -2.14. The SMILES string of the molecule is COc1ccc(C)cc1C(Cl)c1csc2c(Br)cccc12. The topological polar surface area (TPSA) is 9.23 Å². The van der Waals surface area contributed by atoms with Crippen molar-refractivity contribution in [1.29, 1.82) is 0 Å². The smallest absolute Gasteiger partial charge is 0.123 e. The van der Waals surface area contributed by atoms with E-state index in [0.29, 0.717) is 0 Å². The summed E-state index contributed by atoms with van der Waals surface area (Å²) in [4.78, 5) is 0. The summed E-state index contributed by atoms with van der Waals surface area (Å²) in [6.07, 6.45) is 0. The second-order valence-electron chi connectivity index (χ2n) is 4.92. The molecule has 108 valence electrons. The molecule has 3 aromatic rings. The van der Waals surface area contributed by atoms with Crippen LogP contribution in [0, 0.1) is 6.92 Å². The average Bonchev–Trinajstić information content (AvgIpc) is 2.92. The lowest BCUT2D eigenvalue weighted by atomic mass is 10.0. The number of thiophene rings is 1. The van der Waals surface area contributed by atoms with E-state index in [9.17, 15) is 0 Å². The predicted molar refractivity (Wildman–Crippen MR) is 95.0 cm³/mol. The summed E-state index contributed by atoms with van der Waals surface area (Å²) in [7, 11) is 1.68. The van der Waals surface area contributed by atoms with Gasteiger partial charge >= 0.3 is 0 Å². The van der Waals surface area contributed by atoms with E-state index in [1.807, 2.05) is 18.2 Å². The zero-order valence-corrected chi connectivity index (χ0v) is 14.8. The van der Waals surface area contributed by atoms with E-state index in [0.717, 1.165) is 21.3 Å². The fraction of sp³-hybridized carbons (Fsp3) is 0.176. The first-order chi connectivity index (χ1) is 10.1. The third kappa shape index (κ3) is 2.70. The average molecular weight is 382 g/mol. The molecule has 1 nitrogen and oxygen atoms in total. The number of aryl methyl sites for hydroxylation is 1. The molecule has 0 saturated heterocycles. The number of hydrogen-bond acceptors (Lipinski definition) is 2. The molecule has 0 fully saturated rings. The van der Waals surface area contributed by atoms with Crippen LogP contribution in [0.2, 0.25) is 0 Å². The van der Waals surface area contributed by atoms with E-state index < -0.39 is 0 Å². The Hall–Kier alpha value is -1.03. The van der Waals surface area contributed by atoms with E-state index in [4.69, 9.17) is 16.3 Å². The van der Waals surface area contributed by atoms with Crippen LogP contribution < -0.4 is 4.74 Å². The van der Waals surface area contributed by atoms with Gasteiger partial charge in [-0.2, -0.15) is 0 Å². The molecule has 1 unspecified atom stereocenters. The normalized spacial score (nSPS) is 12.6. The Balaban J connectivity index is 2.15. The molecule has 0 N–H and O–H groups in total. The second-order valence-corrected chi connectivity index (χ2v) is 7.09. The number of alkyl halides is 1. The fourth-order valence-corrected chi connectivity index (χ4v) is 4.53. The summed E-state index contributed by atoms with van der Waals surface area (Å²) >= 11 is 12.1. The first-order valence-electron chi connectivity index (χ1n) is 6.56. The van der Waals surface area contributed by atoms with Crippen LogP contribution in [-0.4, -0.2) is 7.11 Å². The van der Waals surface area contributed by atoms with Gasteiger partial charge in [0, 0.05) is 14.7 Å². The van der Waals surface area contributed by atoms with Gasteiger partial charge in [-0.3, -0.25) is 0 Å². The van der Waals surface area contributed by atoms with Gasteiger partial charge in [-0.25, -0.2) is 0 Å². The maximum Gasteiger partial charge on any atom is 0.123 e. The zero-order chi connectivity index (χ0) is 15.0. The van der Waals surface area contributed by atoms with E-state index in [-0.39, 0.29) is 5.38 Å². The highest BCUT2D eigenvalue weighted by Gasteiger charge is 2.20. The highest BCUT2D eigenvalue weighted by Crippen LogP contribution is 2.42. The van der Waals surface area contributed by atoms with E-state index in [1.165, 1.54) is 15.6 Å². The molecule has 0 aliphatic carbocycles. The van der Waals surface area contributed by atoms with Crippen LogP contribution in [0.5, 0.6) is 5.75 Å². The van der Waals surface area contributed by atoms with Gasteiger partial charge in [-0.05, 0) is 51.3 Å². The maximum absolute atomic E-state index is 6.77. The standard InChI is InChI=1S/C17H14BrClOS/c1-10-6-7-15(20-2)12(8-10)16(19)13-9-21-17-11(13)4-3-5-14(17)18/h3-9,16H,1-2H3. The molecular formula is C17H14BrClOS. The molecular weight excluding hydrogens is 368 g/mol. The van der Waals surface area contributed by atoms with Crippen molar-refractivity contribution in [2.24, 2.45) is 0 Å². The highest BCUT2D eigenvalue weighted by molar-refractivity contribution is 9.10. The van der Waals surface area contributed by atoms with Gasteiger partial charge in [0.1, 0.15) is 5.75 Å².